The normalized spacial score (nSPS) is 12.4. The van der Waals surface area contributed by atoms with Gasteiger partial charge in [0, 0.05) is 12.6 Å². The van der Waals surface area contributed by atoms with Crippen LogP contribution in [0.3, 0.4) is 0 Å². The van der Waals surface area contributed by atoms with E-state index in [2.05, 4.69) is 33.0 Å². The maximum absolute atomic E-state index is 10.5. The van der Waals surface area contributed by atoms with E-state index < -0.39 is 4.92 Å². The summed E-state index contributed by atoms with van der Waals surface area (Å²) in [5.74, 6) is 0.664. The highest BCUT2D eigenvalue weighted by atomic mass is 16.6. The summed E-state index contributed by atoms with van der Waals surface area (Å²) in [5, 5.41) is 13.9. The van der Waals surface area contributed by atoms with Crippen molar-refractivity contribution < 1.29 is 9.34 Å². The molecule has 5 nitrogen and oxygen atoms in total. The minimum absolute atomic E-state index is 0.221. The van der Waals surface area contributed by atoms with Crippen molar-refractivity contribution in [2.45, 2.75) is 33.7 Å². The molecule has 1 rings (SSSR count). The summed E-state index contributed by atoms with van der Waals surface area (Å²) >= 11 is 0. The molecule has 0 aliphatic carbocycles. The van der Waals surface area contributed by atoms with Crippen molar-refractivity contribution in [3.63, 3.8) is 0 Å². The fourth-order valence-electron chi connectivity index (χ4n) is 1.44. The van der Waals surface area contributed by atoms with E-state index in [0.717, 1.165) is 12.1 Å². The van der Waals surface area contributed by atoms with Gasteiger partial charge in [0.15, 0.2) is 0 Å². The molecule has 1 N–H and O–H groups in total. The molecule has 5 heteroatoms. The van der Waals surface area contributed by atoms with Gasteiger partial charge in [-0.3, -0.25) is 10.1 Å². The van der Waals surface area contributed by atoms with Crippen LogP contribution >= 0.6 is 0 Å². The predicted octanol–water partition coefficient (Wildman–Crippen LogP) is 3.23. The molecule has 0 amide bonds. The molecule has 0 aromatic carbocycles. The van der Waals surface area contributed by atoms with Crippen molar-refractivity contribution in [1.29, 1.82) is 0 Å². The largest absolute Gasteiger partial charge is 0.433 e. The maximum atomic E-state index is 10.5. The van der Waals surface area contributed by atoms with Gasteiger partial charge in [0.1, 0.15) is 10.7 Å². The third-order valence-electron chi connectivity index (χ3n) is 2.58. The van der Waals surface area contributed by atoms with Gasteiger partial charge in [-0.25, -0.2) is 0 Å². The summed E-state index contributed by atoms with van der Waals surface area (Å²) in [5.41, 5.74) is 1.16. The number of nitro groups is 1. The van der Waals surface area contributed by atoms with E-state index in [9.17, 15) is 10.1 Å². The smallest absolute Gasteiger partial charge is 0.401 e. The third kappa shape index (κ3) is 4.33. The molecule has 0 saturated heterocycles. The minimum Gasteiger partial charge on any atom is -0.401 e. The first-order valence-electron chi connectivity index (χ1n) is 6.08. The van der Waals surface area contributed by atoms with Gasteiger partial charge in [0.05, 0.1) is 6.07 Å². The summed E-state index contributed by atoms with van der Waals surface area (Å²) in [6.07, 6.45) is 1.87. The Morgan fingerprint density at radius 1 is 1.44 bits per heavy atom. The van der Waals surface area contributed by atoms with Gasteiger partial charge in [0.2, 0.25) is 0 Å². The SMILES string of the molecule is CC(C)NCC(=Cc1ccc([N+](=O)[O-])o1)C(C)C. The predicted molar refractivity (Wildman–Crippen MR) is 71.3 cm³/mol. The molecule has 18 heavy (non-hydrogen) atoms. The van der Waals surface area contributed by atoms with E-state index in [4.69, 9.17) is 4.42 Å². The molecule has 1 heterocycles. The van der Waals surface area contributed by atoms with Crippen molar-refractivity contribution >= 4 is 12.0 Å². The molecule has 1 aromatic heterocycles. The van der Waals surface area contributed by atoms with Crippen LogP contribution in [-0.2, 0) is 0 Å². The van der Waals surface area contributed by atoms with Gasteiger partial charge in [-0.15, -0.1) is 0 Å². The summed E-state index contributed by atoms with van der Waals surface area (Å²) in [7, 11) is 0. The van der Waals surface area contributed by atoms with Crippen LogP contribution in [0, 0.1) is 16.0 Å². The van der Waals surface area contributed by atoms with Crippen LogP contribution in [0.1, 0.15) is 33.5 Å². The quantitative estimate of drug-likeness (QED) is 0.623. The molecule has 0 aliphatic rings. The second-order valence-electron chi connectivity index (χ2n) is 4.84. The Labute approximate surface area is 107 Å². The Hall–Kier alpha value is -1.62. The average molecular weight is 252 g/mol. The number of furan rings is 1. The molecule has 0 unspecified atom stereocenters. The number of rotatable bonds is 6. The molecular formula is C13H20N2O3. The summed E-state index contributed by atoms with van der Waals surface area (Å²) < 4.78 is 5.13. The zero-order valence-corrected chi connectivity index (χ0v) is 11.3. The highest BCUT2D eigenvalue weighted by molar-refractivity contribution is 5.49. The number of hydrogen-bond acceptors (Lipinski definition) is 4. The van der Waals surface area contributed by atoms with Gasteiger partial charge in [-0.1, -0.05) is 33.3 Å². The van der Waals surface area contributed by atoms with E-state index >= 15 is 0 Å². The van der Waals surface area contributed by atoms with Crippen LogP contribution in [-0.4, -0.2) is 17.5 Å². The standard InChI is InChI=1S/C13H20N2O3/c1-9(2)11(8-14-10(3)4)7-12-5-6-13(18-12)15(16)17/h5-7,9-10,14H,8H2,1-4H3. The van der Waals surface area contributed by atoms with Gasteiger partial charge in [-0.05, 0) is 18.1 Å². The molecule has 0 atom stereocenters. The van der Waals surface area contributed by atoms with E-state index in [0.29, 0.717) is 17.7 Å². The molecule has 0 fully saturated rings. The Bertz CT molecular complexity index is 433. The van der Waals surface area contributed by atoms with Crippen molar-refractivity contribution in [3.05, 3.63) is 33.6 Å². The Kier molecular flexibility index (Phi) is 5.09. The average Bonchev–Trinajstić information content (AvgIpc) is 2.71. The summed E-state index contributed by atoms with van der Waals surface area (Å²) in [6.45, 7) is 9.09. The lowest BCUT2D eigenvalue weighted by Gasteiger charge is -2.14. The molecule has 0 bridgehead atoms. The first-order valence-corrected chi connectivity index (χ1v) is 6.08. The third-order valence-corrected chi connectivity index (χ3v) is 2.58. The fraction of sp³-hybridized carbons (Fsp3) is 0.538. The van der Waals surface area contributed by atoms with Crippen LogP contribution in [0.2, 0.25) is 0 Å². The molecule has 0 aliphatic heterocycles. The first kappa shape index (κ1) is 14.4. The Morgan fingerprint density at radius 3 is 2.56 bits per heavy atom. The van der Waals surface area contributed by atoms with E-state index in [1.54, 1.807) is 6.07 Å². The van der Waals surface area contributed by atoms with Gasteiger partial charge < -0.3 is 9.73 Å². The maximum Gasteiger partial charge on any atom is 0.433 e. The fourth-order valence-corrected chi connectivity index (χ4v) is 1.44. The number of nitrogens with one attached hydrogen (secondary N) is 1. The van der Waals surface area contributed by atoms with E-state index in [1.807, 2.05) is 6.08 Å². The van der Waals surface area contributed by atoms with Gasteiger partial charge in [-0.2, -0.15) is 0 Å². The molecule has 0 spiro atoms. The van der Waals surface area contributed by atoms with E-state index in [1.165, 1.54) is 6.07 Å². The lowest BCUT2D eigenvalue weighted by atomic mass is 10.0. The highest BCUT2D eigenvalue weighted by Gasteiger charge is 2.12. The highest BCUT2D eigenvalue weighted by Crippen LogP contribution is 2.20. The van der Waals surface area contributed by atoms with Crippen LogP contribution in [0.25, 0.3) is 6.08 Å². The Balaban J connectivity index is 2.83. The molecule has 100 valence electrons. The van der Waals surface area contributed by atoms with Crippen molar-refractivity contribution in [3.8, 4) is 0 Å². The topological polar surface area (TPSA) is 68.3 Å². The number of nitrogens with zero attached hydrogens (tertiary/aromatic N) is 1. The van der Waals surface area contributed by atoms with Crippen LogP contribution in [0.5, 0.6) is 0 Å². The van der Waals surface area contributed by atoms with E-state index in [-0.39, 0.29) is 5.88 Å². The zero-order chi connectivity index (χ0) is 13.7. The van der Waals surface area contributed by atoms with Crippen LogP contribution < -0.4 is 5.32 Å². The van der Waals surface area contributed by atoms with Crippen molar-refractivity contribution in [1.82, 2.24) is 5.32 Å². The molecular weight excluding hydrogens is 232 g/mol. The summed E-state index contributed by atoms with van der Waals surface area (Å²) in [6, 6.07) is 3.40. The zero-order valence-electron chi connectivity index (χ0n) is 11.3. The molecule has 1 aromatic rings. The summed E-state index contributed by atoms with van der Waals surface area (Å²) in [4.78, 5) is 10.00. The molecule has 0 radical (unpaired) electrons. The van der Waals surface area contributed by atoms with Gasteiger partial charge in [0.25, 0.3) is 0 Å². The van der Waals surface area contributed by atoms with Crippen molar-refractivity contribution in [2.24, 2.45) is 5.92 Å². The molecule has 0 saturated carbocycles. The number of hydrogen-bond donors (Lipinski definition) is 1. The van der Waals surface area contributed by atoms with Gasteiger partial charge >= 0.3 is 5.88 Å². The van der Waals surface area contributed by atoms with Crippen LogP contribution in [0.15, 0.2) is 22.1 Å². The Morgan fingerprint density at radius 2 is 2.11 bits per heavy atom. The van der Waals surface area contributed by atoms with Crippen molar-refractivity contribution in [2.75, 3.05) is 6.54 Å². The second-order valence-corrected chi connectivity index (χ2v) is 4.84. The lowest BCUT2D eigenvalue weighted by molar-refractivity contribution is -0.402. The first-order chi connectivity index (χ1) is 8.40. The minimum atomic E-state index is -0.529. The van der Waals surface area contributed by atoms with Crippen LogP contribution in [0.4, 0.5) is 5.88 Å². The lowest BCUT2D eigenvalue weighted by Crippen LogP contribution is -2.26. The second kappa shape index (κ2) is 6.35. The monoisotopic (exact) mass is 252 g/mol.